The molecule has 2 N–H and O–H groups in total. The van der Waals surface area contributed by atoms with E-state index in [1.54, 1.807) is 0 Å². The van der Waals surface area contributed by atoms with Crippen LogP contribution in [0.15, 0.2) is 36.4 Å². The summed E-state index contributed by atoms with van der Waals surface area (Å²) in [4.78, 5) is 0. The molecule has 2 aliphatic rings. The molecule has 2 atom stereocenters. The molecule has 2 nitrogen and oxygen atoms in total. The second kappa shape index (κ2) is 6.43. The fourth-order valence-corrected chi connectivity index (χ4v) is 6.22. The van der Waals surface area contributed by atoms with Gasteiger partial charge in [0.25, 0.3) is 0 Å². The van der Waals surface area contributed by atoms with Gasteiger partial charge in [-0.2, -0.15) is 0 Å². The lowest BCUT2D eigenvalue weighted by atomic mass is 9.52. The summed E-state index contributed by atoms with van der Waals surface area (Å²) < 4.78 is 0. The lowest BCUT2D eigenvalue weighted by Crippen LogP contribution is -2.46. The molecule has 4 rings (SSSR count). The quantitative estimate of drug-likeness (QED) is 0.641. The molecule has 0 heterocycles. The van der Waals surface area contributed by atoms with E-state index in [2.05, 4.69) is 50.2 Å². The van der Waals surface area contributed by atoms with Crippen LogP contribution >= 0.6 is 0 Å². The van der Waals surface area contributed by atoms with E-state index in [0.29, 0.717) is 0 Å². The van der Waals surface area contributed by atoms with Crippen LogP contribution in [0.2, 0.25) is 0 Å². The molecule has 0 aliphatic heterocycles. The highest BCUT2D eigenvalue weighted by Gasteiger charge is 2.57. The molecule has 0 bridgehead atoms. The first-order valence-electron chi connectivity index (χ1n) is 11.2. The predicted molar refractivity (Wildman–Crippen MR) is 120 cm³/mol. The monoisotopic (exact) mass is 392 g/mol. The van der Waals surface area contributed by atoms with E-state index in [0.717, 1.165) is 24.0 Å². The Bertz CT molecular complexity index is 944. The van der Waals surface area contributed by atoms with E-state index in [4.69, 9.17) is 0 Å². The van der Waals surface area contributed by atoms with Crippen molar-refractivity contribution in [2.45, 2.75) is 95.7 Å². The normalized spacial score (nSPS) is 26.1. The van der Waals surface area contributed by atoms with Crippen LogP contribution in [0.5, 0.6) is 0 Å². The predicted octanol–water partition coefficient (Wildman–Crippen LogP) is 6.30. The van der Waals surface area contributed by atoms with E-state index < -0.39 is 11.2 Å². The van der Waals surface area contributed by atoms with E-state index in [9.17, 15) is 10.2 Å². The minimum absolute atomic E-state index is 0.0465. The maximum absolute atomic E-state index is 10.7. The molecule has 2 aromatic carbocycles. The third kappa shape index (κ3) is 2.91. The zero-order valence-electron chi connectivity index (χ0n) is 18.9. The average Bonchev–Trinajstić information content (AvgIpc) is 2.98. The number of benzene rings is 2. The SMILES string of the molecule is CCC[C@@]12CCC[C@]1(C)c1cc(C(C)(C)O)ccc1-c1ccc(C(C)(C)O)cc12. The zero-order valence-corrected chi connectivity index (χ0v) is 18.9. The Morgan fingerprint density at radius 1 is 0.828 bits per heavy atom. The first kappa shape index (κ1) is 20.6. The Hall–Kier alpha value is -1.64. The van der Waals surface area contributed by atoms with Crippen LogP contribution < -0.4 is 0 Å². The highest BCUT2D eigenvalue weighted by molar-refractivity contribution is 5.79. The van der Waals surface area contributed by atoms with E-state index >= 15 is 0 Å². The van der Waals surface area contributed by atoms with Gasteiger partial charge in [0, 0.05) is 10.8 Å². The third-order valence-electron chi connectivity index (χ3n) is 7.87. The number of hydrogen-bond acceptors (Lipinski definition) is 2. The Morgan fingerprint density at radius 2 is 1.34 bits per heavy atom. The van der Waals surface area contributed by atoms with Crippen molar-refractivity contribution in [3.8, 4) is 11.1 Å². The van der Waals surface area contributed by atoms with Crippen molar-refractivity contribution in [2.24, 2.45) is 0 Å². The molecule has 0 unspecified atom stereocenters. The molecule has 1 fully saturated rings. The van der Waals surface area contributed by atoms with Gasteiger partial charge < -0.3 is 10.2 Å². The number of fused-ring (bicyclic) bond motifs is 6. The molecule has 29 heavy (non-hydrogen) atoms. The molecule has 2 aliphatic carbocycles. The first-order valence-corrected chi connectivity index (χ1v) is 11.2. The van der Waals surface area contributed by atoms with E-state index in [1.165, 1.54) is 41.5 Å². The van der Waals surface area contributed by atoms with Crippen molar-refractivity contribution in [3.05, 3.63) is 58.7 Å². The third-order valence-corrected chi connectivity index (χ3v) is 7.87. The molecule has 2 aromatic rings. The molecule has 0 aromatic heterocycles. The van der Waals surface area contributed by atoms with Gasteiger partial charge in [0.1, 0.15) is 0 Å². The second-order valence-corrected chi connectivity index (χ2v) is 10.7. The smallest absolute Gasteiger partial charge is 0.0840 e. The molecule has 0 spiro atoms. The van der Waals surface area contributed by atoms with Gasteiger partial charge in [-0.3, -0.25) is 0 Å². The van der Waals surface area contributed by atoms with E-state index in [-0.39, 0.29) is 10.8 Å². The van der Waals surface area contributed by atoms with Gasteiger partial charge in [-0.05, 0) is 80.3 Å². The molecule has 2 heteroatoms. The summed E-state index contributed by atoms with van der Waals surface area (Å²) >= 11 is 0. The summed E-state index contributed by atoms with van der Waals surface area (Å²) in [6.07, 6.45) is 5.86. The van der Waals surface area contributed by atoms with Gasteiger partial charge in [0.15, 0.2) is 0 Å². The summed E-state index contributed by atoms with van der Waals surface area (Å²) in [5.41, 5.74) is 5.85. The summed E-state index contributed by atoms with van der Waals surface area (Å²) in [6, 6.07) is 13.2. The van der Waals surface area contributed by atoms with Crippen LogP contribution in [0.25, 0.3) is 11.1 Å². The second-order valence-electron chi connectivity index (χ2n) is 10.7. The van der Waals surface area contributed by atoms with Crippen molar-refractivity contribution >= 4 is 0 Å². The molecule has 0 saturated heterocycles. The molecule has 0 amide bonds. The van der Waals surface area contributed by atoms with Crippen LogP contribution in [0, 0.1) is 0 Å². The van der Waals surface area contributed by atoms with Gasteiger partial charge in [-0.1, -0.05) is 63.1 Å². The van der Waals surface area contributed by atoms with Gasteiger partial charge in [-0.15, -0.1) is 0 Å². The summed E-state index contributed by atoms with van der Waals surface area (Å²) in [6.45, 7) is 12.2. The lowest BCUT2D eigenvalue weighted by molar-refractivity contribution is 0.0774. The Balaban J connectivity index is 2.06. The topological polar surface area (TPSA) is 40.5 Å². The van der Waals surface area contributed by atoms with Crippen molar-refractivity contribution in [2.75, 3.05) is 0 Å². The Kier molecular flexibility index (Phi) is 4.57. The fourth-order valence-electron chi connectivity index (χ4n) is 6.22. The van der Waals surface area contributed by atoms with Crippen molar-refractivity contribution < 1.29 is 10.2 Å². The summed E-state index contributed by atoms with van der Waals surface area (Å²) in [5, 5.41) is 21.4. The average molecular weight is 393 g/mol. The van der Waals surface area contributed by atoms with Crippen LogP contribution in [0.3, 0.4) is 0 Å². The minimum Gasteiger partial charge on any atom is -0.386 e. The van der Waals surface area contributed by atoms with Crippen LogP contribution in [-0.4, -0.2) is 10.2 Å². The Morgan fingerprint density at radius 3 is 1.86 bits per heavy atom. The molecule has 0 radical (unpaired) electrons. The number of hydrogen-bond donors (Lipinski definition) is 2. The highest BCUT2D eigenvalue weighted by atomic mass is 16.3. The first-order chi connectivity index (χ1) is 13.4. The van der Waals surface area contributed by atoms with Crippen LogP contribution in [0.1, 0.15) is 95.9 Å². The maximum atomic E-state index is 10.7. The number of rotatable bonds is 4. The van der Waals surface area contributed by atoms with Gasteiger partial charge in [-0.25, -0.2) is 0 Å². The van der Waals surface area contributed by atoms with Gasteiger partial charge in [0.2, 0.25) is 0 Å². The molecule has 1 saturated carbocycles. The lowest BCUT2D eigenvalue weighted by Gasteiger charge is -2.51. The van der Waals surface area contributed by atoms with Crippen molar-refractivity contribution in [1.29, 1.82) is 0 Å². The van der Waals surface area contributed by atoms with Crippen LogP contribution in [0.4, 0.5) is 0 Å². The van der Waals surface area contributed by atoms with Gasteiger partial charge in [0.05, 0.1) is 11.2 Å². The highest BCUT2D eigenvalue weighted by Crippen LogP contribution is 2.64. The van der Waals surface area contributed by atoms with Gasteiger partial charge >= 0.3 is 0 Å². The Labute approximate surface area is 176 Å². The standard InChI is InChI=1S/C27H36O2/c1-7-13-27-15-8-14-26(27,6)22-16-18(24(2,3)28)9-11-20(22)21-12-10-19(17-23(21)27)25(4,5)29/h9-12,16-17,28-29H,7-8,13-15H2,1-6H3/t26-,27+/m1/s1. The molecular weight excluding hydrogens is 356 g/mol. The van der Waals surface area contributed by atoms with Crippen molar-refractivity contribution in [3.63, 3.8) is 0 Å². The van der Waals surface area contributed by atoms with Crippen LogP contribution in [-0.2, 0) is 22.0 Å². The van der Waals surface area contributed by atoms with Crippen molar-refractivity contribution in [1.82, 2.24) is 0 Å². The summed E-state index contributed by atoms with van der Waals surface area (Å²) in [7, 11) is 0. The van der Waals surface area contributed by atoms with E-state index in [1.807, 2.05) is 27.7 Å². The molecular formula is C27H36O2. The number of aliphatic hydroxyl groups is 2. The maximum Gasteiger partial charge on any atom is 0.0840 e. The molecule has 156 valence electrons. The zero-order chi connectivity index (χ0) is 21.2. The fraction of sp³-hybridized carbons (Fsp3) is 0.556. The largest absolute Gasteiger partial charge is 0.386 e. The summed E-state index contributed by atoms with van der Waals surface area (Å²) in [5.74, 6) is 0. The minimum atomic E-state index is -0.845.